The molecule has 0 aliphatic heterocycles. The Morgan fingerprint density at radius 3 is 2.80 bits per heavy atom. The molecule has 1 atom stereocenters. The summed E-state index contributed by atoms with van der Waals surface area (Å²) in [5.41, 5.74) is 11.5. The molecule has 20 heavy (non-hydrogen) atoms. The van der Waals surface area contributed by atoms with Gasteiger partial charge in [-0.25, -0.2) is 0 Å². The second-order valence-corrected chi connectivity index (χ2v) is 4.47. The van der Waals surface area contributed by atoms with Gasteiger partial charge in [0.05, 0.1) is 12.6 Å². The van der Waals surface area contributed by atoms with Crippen LogP contribution in [0.2, 0.25) is 0 Å². The van der Waals surface area contributed by atoms with E-state index < -0.39 is 0 Å². The molecule has 0 aliphatic carbocycles. The molecule has 2 rings (SSSR count). The molecule has 1 aromatic carbocycles. The summed E-state index contributed by atoms with van der Waals surface area (Å²) in [6, 6.07) is 9.56. The monoisotopic (exact) mass is 272 g/mol. The molecule has 5 N–H and O–H groups in total. The third-order valence-corrected chi connectivity index (χ3v) is 3.16. The molecule has 5 heteroatoms. The number of hydrogen-bond acceptors (Lipinski definition) is 5. The van der Waals surface area contributed by atoms with E-state index in [-0.39, 0.29) is 6.04 Å². The fraction of sp³-hybridized carbons (Fsp3) is 0.267. The average molecular weight is 272 g/mol. The highest BCUT2D eigenvalue weighted by Gasteiger charge is 2.16. The Bertz CT molecular complexity index is 559. The number of nitrogens with one attached hydrogen (secondary N) is 1. The van der Waals surface area contributed by atoms with Crippen molar-refractivity contribution in [3.63, 3.8) is 0 Å². The summed E-state index contributed by atoms with van der Waals surface area (Å²) < 4.78 is 5.65. The first kappa shape index (κ1) is 14.3. The summed E-state index contributed by atoms with van der Waals surface area (Å²) in [7, 11) is 0. The molecule has 0 amide bonds. The number of pyridine rings is 1. The summed E-state index contributed by atoms with van der Waals surface area (Å²) in [5.74, 6) is 6.53. The Labute approximate surface area is 118 Å². The second-order valence-electron chi connectivity index (χ2n) is 4.47. The van der Waals surface area contributed by atoms with Crippen molar-refractivity contribution in [2.24, 2.45) is 5.84 Å². The Kier molecular flexibility index (Phi) is 4.92. The molecule has 106 valence electrons. The number of rotatable bonds is 6. The Morgan fingerprint density at radius 1 is 1.30 bits per heavy atom. The number of para-hydroxylation sites is 1. The molecule has 0 bridgehead atoms. The van der Waals surface area contributed by atoms with Gasteiger partial charge in [0.2, 0.25) is 0 Å². The summed E-state index contributed by atoms with van der Waals surface area (Å²) in [5, 5.41) is 0. The van der Waals surface area contributed by atoms with E-state index in [9.17, 15) is 0 Å². The normalized spacial score (nSPS) is 12.1. The summed E-state index contributed by atoms with van der Waals surface area (Å²) >= 11 is 0. The minimum absolute atomic E-state index is 0.0794. The van der Waals surface area contributed by atoms with Crippen LogP contribution in [-0.2, 0) is 6.42 Å². The van der Waals surface area contributed by atoms with E-state index in [0.29, 0.717) is 18.7 Å². The first-order chi connectivity index (χ1) is 9.76. The molecule has 0 radical (unpaired) electrons. The van der Waals surface area contributed by atoms with Gasteiger partial charge in [-0.3, -0.25) is 16.3 Å². The molecule has 0 fully saturated rings. The number of hydrogen-bond donors (Lipinski definition) is 3. The van der Waals surface area contributed by atoms with Crippen molar-refractivity contribution in [2.45, 2.75) is 19.4 Å². The van der Waals surface area contributed by atoms with E-state index in [0.717, 1.165) is 16.9 Å². The molecule has 5 nitrogen and oxygen atoms in total. The van der Waals surface area contributed by atoms with Crippen molar-refractivity contribution in [3.8, 4) is 5.75 Å². The molecule has 1 unspecified atom stereocenters. The lowest BCUT2D eigenvalue weighted by Gasteiger charge is -2.20. The van der Waals surface area contributed by atoms with Gasteiger partial charge in [-0.1, -0.05) is 18.2 Å². The van der Waals surface area contributed by atoms with Crippen molar-refractivity contribution in [2.75, 3.05) is 12.3 Å². The van der Waals surface area contributed by atoms with Crippen LogP contribution in [-0.4, -0.2) is 11.6 Å². The van der Waals surface area contributed by atoms with Gasteiger partial charge in [0.1, 0.15) is 5.75 Å². The first-order valence-corrected chi connectivity index (χ1v) is 6.62. The van der Waals surface area contributed by atoms with Gasteiger partial charge in [-0.2, -0.15) is 0 Å². The van der Waals surface area contributed by atoms with Crippen LogP contribution in [0.3, 0.4) is 0 Å². The van der Waals surface area contributed by atoms with E-state index in [2.05, 4.69) is 10.4 Å². The molecular formula is C15H20N4O. The van der Waals surface area contributed by atoms with Gasteiger partial charge < -0.3 is 10.5 Å². The predicted octanol–water partition coefficient (Wildman–Crippen LogP) is 1.81. The standard InChI is InChI=1S/C15H20N4O/c1-2-20-15-6-4-3-5-12(15)14(19-17)9-11-10-18-8-7-13(11)16/h3-8,10,14,19H,2,9,17H2,1H3,(H2,16,18). The van der Waals surface area contributed by atoms with Gasteiger partial charge in [-0.05, 0) is 31.0 Å². The van der Waals surface area contributed by atoms with Gasteiger partial charge in [0.15, 0.2) is 0 Å². The number of nitrogens with two attached hydrogens (primary N) is 2. The van der Waals surface area contributed by atoms with Crippen LogP contribution in [0.15, 0.2) is 42.7 Å². The number of nitrogen functional groups attached to an aromatic ring is 1. The van der Waals surface area contributed by atoms with Crippen molar-refractivity contribution in [3.05, 3.63) is 53.9 Å². The lowest BCUT2D eigenvalue weighted by Crippen LogP contribution is -2.30. The average Bonchev–Trinajstić information content (AvgIpc) is 2.48. The minimum Gasteiger partial charge on any atom is -0.494 e. The fourth-order valence-electron chi connectivity index (χ4n) is 2.14. The van der Waals surface area contributed by atoms with Crippen molar-refractivity contribution >= 4 is 5.69 Å². The number of nitrogens with zero attached hydrogens (tertiary/aromatic N) is 1. The molecule has 2 aromatic rings. The van der Waals surface area contributed by atoms with Gasteiger partial charge in [0.25, 0.3) is 0 Å². The largest absolute Gasteiger partial charge is 0.494 e. The SMILES string of the molecule is CCOc1ccccc1C(Cc1cnccc1N)NN. The zero-order chi connectivity index (χ0) is 14.4. The highest BCUT2D eigenvalue weighted by molar-refractivity contribution is 5.46. The summed E-state index contributed by atoms with van der Waals surface area (Å²) in [4.78, 5) is 4.11. The molecule has 0 aliphatic rings. The van der Waals surface area contributed by atoms with Crippen LogP contribution < -0.4 is 21.7 Å². The van der Waals surface area contributed by atoms with Crippen molar-refractivity contribution < 1.29 is 4.74 Å². The maximum Gasteiger partial charge on any atom is 0.124 e. The van der Waals surface area contributed by atoms with Gasteiger partial charge >= 0.3 is 0 Å². The predicted molar refractivity (Wildman–Crippen MR) is 80.0 cm³/mol. The van der Waals surface area contributed by atoms with Gasteiger partial charge in [0, 0.05) is 23.6 Å². The van der Waals surface area contributed by atoms with Crippen LogP contribution in [0.5, 0.6) is 5.75 Å². The topological polar surface area (TPSA) is 86.2 Å². The second kappa shape index (κ2) is 6.88. The Hall–Kier alpha value is -2.11. The van der Waals surface area contributed by atoms with Crippen molar-refractivity contribution in [1.29, 1.82) is 0 Å². The maximum absolute atomic E-state index is 5.96. The fourth-order valence-corrected chi connectivity index (χ4v) is 2.14. The number of benzene rings is 1. The molecular weight excluding hydrogens is 252 g/mol. The number of aromatic nitrogens is 1. The van der Waals surface area contributed by atoms with E-state index in [4.69, 9.17) is 16.3 Å². The number of ether oxygens (including phenoxy) is 1. The van der Waals surface area contributed by atoms with Crippen LogP contribution >= 0.6 is 0 Å². The molecule has 0 saturated carbocycles. The first-order valence-electron chi connectivity index (χ1n) is 6.62. The summed E-state index contributed by atoms with van der Waals surface area (Å²) in [6.07, 6.45) is 4.10. The smallest absolute Gasteiger partial charge is 0.124 e. The highest BCUT2D eigenvalue weighted by atomic mass is 16.5. The number of anilines is 1. The lowest BCUT2D eigenvalue weighted by molar-refractivity contribution is 0.331. The van der Waals surface area contributed by atoms with E-state index in [1.165, 1.54) is 0 Å². The third-order valence-electron chi connectivity index (χ3n) is 3.16. The maximum atomic E-state index is 5.96. The van der Waals surface area contributed by atoms with Crippen LogP contribution in [0.4, 0.5) is 5.69 Å². The molecule has 1 heterocycles. The molecule has 1 aromatic heterocycles. The van der Waals surface area contributed by atoms with Crippen molar-refractivity contribution in [1.82, 2.24) is 10.4 Å². The highest BCUT2D eigenvalue weighted by Crippen LogP contribution is 2.28. The minimum atomic E-state index is -0.0794. The third kappa shape index (κ3) is 3.26. The Balaban J connectivity index is 2.27. The summed E-state index contributed by atoms with van der Waals surface area (Å²) in [6.45, 7) is 2.57. The quantitative estimate of drug-likeness (QED) is 0.551. The van der Waals surface area contributed by atoms with Crippen LogP contribution in [0.25, 0.3) is 0 Å². The zero-order valence-electron chi connectivity index (χ0n) is 11.5. The Morgan fingerprint density at radius 2 is 2.10 bits per heavy atom. The van der Waals surface area contributed by atoms with E-state index in [1.54, 1.807) is 18.5 Å². The van der Waals surface area contributed by atoms with Crippen LogP contribution in [0.1, 0.15) is 24.1 Å². The van der Waals surface area contributed by atoms with Crippen LogP contribution in [0, 0.1) is 0 Å². The lowest BCUT2D eigenvalue weighted by atomic mass is 9.98. The molecule has 0 saturated heterocycles. The van der Waals surface area contributed by atoms with Gasteiger partial charge in [-0.15, -0.1) is 0 Å². The van der Waals surface area contributed by atoms with E-state index >= 15 is 0 Å². The number of hydrazine groups is 1. The molecule has 0 spiro atoms. The van der Waals surface area contributed by atoms with E-state index in [1.807, 2.05) is 31.2 Å². The zero-order valence-corrected chi connectivity index (χ0v) is 11.5.